The smallest absolute Gasteiger partial charge is 0.142 e. The van der Waals surface area contributed by atoms with Gasteiger partial charge in [0, 0.05) is 6.07 Å². The standard InChI is InChI=1S/C13H14ClFO/c1-10(2)9-16-12-6-5-11(4-3-7-14)13(15)8-12/h5-6,8,10H,7,9H2,1-2H3. The van der Waals surface area contributed by atoms with Gasteiger partial charge >= 0.3 is 0 Å². The molecule has 0 radical (unpaired) electrons. The van der Waals surface area contributed by atoms with E-state index in [4.69, 9.17) is 16.3 Å². The van der Waals surface area contributed by atoms with Crippen molar-refractivity contribution in [1.82, 2.24) is 0 Å². The van der Waals surface area contributed by atoms with Gasteiger partial charge in [0.1, 0.15) is 11.6 Å². The molecule has 0 aromatic heterocycles. The average Bonchev–Trinajstić information content (AvgIpc) is 2.25. The first-order valence-electron chi connectivity index (χ1n) is 5.10. The monoisotopic (exact) mass is 240 g/mol. The van der Waals surface area contributed by atoms with E-state index in [0.29, 0.717) is 23.8 Å². The van der Waals surface area contributed by atoms with Crippen LogP contribution in [0, 0.1) is 23.6 Å². The van der Waals surface area contributed by atoms with Gasteiger partial charge in [0.25, 0.3) is 0 Å². The summed E-state index contributed by atoms with van der Waals surface area (Å²) in [7, 11) is 0. The SMILES string of the molecule is CC(C)COc1ccc(C#CCCl)c(F)c1. The van der Waals surface area contributed by atoms with Crippen molar-refractivity contribution in [2.45, 2.75) is 13.8 Å². The number of rotatable bonds is 3. The summed E-state index contributed by atoms with van der Waals surface area (Å²) in [6.45, 7) is 4.65. The topological polar surface area (TPSA) is 9.23 Å². The maximum absolute atomic E-state index is 13.5. The molecular formula is C13H14ClFO. The molecule has 0 spiro atoms. The first-order chi connectivity index (χ1) is 7.63. The maximum Gasteiger partial charge on any atom is 0.142 e. The van der Waals surface area contributed by atoms with E-state index in [1.165, 1.54) is 6.07 Å². The first-order valence-corrected chi connectivity index (χ1v) is 5.64. The third-order valence-corrected chi connectivity index (χ3v) is 1.95. The van der Waals surface area contributed by atoms with Crippen LogP contribution in [-0.4, -0.2) is 12.5 Å². The second-order valence-corrected chi connectivity index (χ2v) is 4.05. The van der Waals surface area contributed by atoms with Crippen LogP contribution in [0.15, 0.2) is 18.2 Å². The Balaban J connectivity index is 2.74. The lowest BCUT2D eigenvalue weighted by Crippen LogP contribution is -2.04. The molecule has 1 aromatic carbocycles. The number of alkyl halides is 1. The lowest BCUT2D eigenvalue weighted by atomic mass is 10.2. The Morgan fingerprint density at radius 3 is 2.75 bits per heavy atom. The summed E-state index contributed by atoms with van der Waals surface area (Å²) in [5, 5.41) is 0. The van der Waals surface area contributed by atoms with E-state index in [1.54, 1.807) is 12.1 Å². The summed E-state index contributed by atoms with van der Waals surface area (Å²) in [5.74, 6) is 6.02. The highest BCUT2D eigenvalue weighted by atomic mass is 35.5. The second kappa shape index (κ2) is 6.40. The Morgan fingerprint density at radius 2 is 2.19 bits per heavy atom. The number of hydrogen-bond donors (Lipinski definition) is 0. The van der Waals surface area contributed by atoms with Crippen molar-refractivity contribution in [3.63, 3.8) is 0 Å². The predicted octanol–water partition coefficient (Wildman–Crippen LogP) is 3.45. The van der Waals surface area contributed by atoms with Crippen molar-refractivity contribution in [2.24, 2.45) is 5.92 Å². The van der Waals surface area contributed by atoms with E-state index in [-0.39, 0.29) is 11.7 Å². The fourth-order valence-corrected chi connectivity index (χ4v) is 1.15. The average molecular weight is 241 g/mol. The quantitative estimate of drug-likeness (QED) is 0.581. The summed E-state index contributed by atoms with van der Waals surface area (Å²) >= 11 is 5.40. The molecule has 0 N–H and O–H groups in total. The lowest BCUT2D eigenvalue weighted by molar-refractivity contribution is 0.270. The van der Waals surface area contributed by atoms with Crippen LogP contribution in [0.5, 0.6) is 5.75 Å². The first kappa shape index (κ1) is 12.9. The molecule has 0 saturated heterocycles. The van der Waals surface area contributed by atoms with Crippen molar-refractivity contribution in [2.75, 3.05) is 12.5 Å². The van der Waals surface area contributed by atoms with Gasteiger partial charge in [-0.05, 0) is 18.1 Å². The number of ether oxygens (including phenoxy) is 1. The van der Waals surface area contributed by atoms with Gasteiger partial charge in [-0.25, -0.2) is 4.39 Å². The van der Waals surface area contributed by atoms with E-state index in [0.717, 1.165) is 0 Å². The summed E-state index contributed by atoms with van der Waals surface area (Å²) in [6, 6.07) is 4.66. The van der Waals surface area contributed by atoms with E-state index >= 15 is 0 Å². The molecule has 0 aliphatic heterocycles. The molecule has 0 atom stereocenters. The van der Waals surface area contributed by atoms with Crippen LogP contribution in [0.4, 0.5) is 4.39 Å². The molecule has 0 saturated carbocycles. The Kier molecular flexibility index (Phi) is 5.14. The van der Waals surface area contributed by atoms with Crippen LogP contribution in [0.1, 0.15) is 19.4 Å². The lowest BCUT2D eigenvalue weighted by Gasteiger charge is -2.08. The van der Waals surface area contributed by atoms with Crippen LogP contribution >= 0.6 is 11.6 Å². The third kappa shape index (κ3) is 4.12. The molecule has 1 nitrogen and oxygen atoms in total. The predicted molar refractivity (Wildman–Crippen MR) is 64.3 cm³/mol. The Hall–Kier alpha value is -1.20. The number of halogens is 2. The molecule has 3 heteroatoms. The zero-order chi connectivity index (χ0) is 12.0. The van der Waals surface area contributed by atoms with Gasteiger partial charge in [-0.1, -0.05) is 25.7 Å². The molecule has 0 amide bonds. The largest absolute Gasteiger partial charge is 0.493 e. The fourth-order valence-electron chi connectivity index (χ4n) is 1.08. The normalized spacial score (nSPS) is 9.81. The Labute approximate surface area is 101 Å². The van der Waals surface area contributed by atoms with E-state index < -0.39 is 0 Å². The van der Waals surface area contributed by atoms with E-state index in [1.807, 2.05) is 13.8 Å². The fraction of sp³-hybridized carbons (Fsp3) is 0.385. The summed E-state index contributed by atoms with van der Waals surface area (Å²) in [6.07, 6.45) is 0. The molecule has 1 rings (SSSR count). The zero-order valence-electron chi connectivity index (χ0n) is 9.39. The van der Waals surface area contributed by atoms with Crippen LogP contribution in [0.3, 0.4) is 0 Å². The van der Waals surface area contributed by atoms with Crippen LogP contribution in [-0.2, 0) is 0 Å². The van der Waals surface area contributed by atoms with Gasteiger partial charge in [-0.15, -0.1) is 11.6 Å². The second-order valence-electron chi connectivity index (χ2n) is 3.78. The third-order valence-electron chi connectivity index (χ3n) is 1.81. The van der Waals surface area contributed by atoms with Crippen molar-refractivity contribution in [3.8, 4) is 17.6 Å². The van der Waals surface area contributed by atoms with Crippen LogP contribution in [0.2, 0.25) is 0 Å². The van der Waals surface area contributed by atoms with Gasteiger partial charge in [0.05, 0.1) is 18.1 Å². The van der Waals surface area contributed by atoms with Crippen molar-refractivity contribution in [1.29, 1.82) is 0 Å². The van der Waals surface area contributed by atoms with Gasteiger partial charge in [0.15, 0.2) is 0 Å². The minimum absolute atomic E-state index is 0.199. The molecule has 16 heavy (non-hydrogen) atoms. The summed E-state index contributed by atoms with van der Waals surface area (Å²) in [4.78, 5) is 0. The van der Waals surface area contributed by atoms with Crippen LogP contribution < -0.4 is 4.74 Å². The van der Waals surface area contributed by atoms with Crippen LogP contribution in [0.25, 0.3) is 0 Å². The molecule has 0 aliphatic rings. The highest BCUT2D eigenvalue weighted by Gasteiger charge is 2.02. The minimum Gasteiger partial charge on any atom is -0.493 e. The van der Waals surface area contributed by atoms with Gasteiger partial charge < -0.3 is 4.74 Å². The molecule has 86 valence electrons. The number of hydrogen-bond acceptors (Lipinski definition) is 1. The highest BCUT2D eigenvalue weighted by molar-refractivity contribution is 6.19. The molecule has 0 unspecified atom stereocenters. The molecule has 0 fully saturated rings. The van der Waals surface area contributed by atoms with Gasteiger partial charge in [0.2, 0.25) is 0 Å². The van der Waals surface area contributed by atoms with Crippen molar-refractivity contribution in [3.05, 3.63) is 29.6 Å². The Bertz CT molecular complexity index is 404. The zero-order valence-corrected chi connectivity index (χ0v) is 10.1. The Morgan fingerprint density at radius 1 is 1.44 bits per heavy atom. The maximum atomic E-state index is 13.5. The summed E-state index contributed by atoms with van der Waals surface area (Å²) < 4.78 is 18.9. The van der Waals surface area contributed by atoms with E-state index in [9.17, 15) is 4.39 Å². The molecule has 1 aromatic rings. The molecule has 0 heterocycles. The molecule has 0 aliphatic carbocycles. The molecular weight excluding hydrogens is 227 g/mol. The highest BCUT2D eigenvalue weighted by Crippen LogP contribution is 2.16. The number of benzene rings is 1. The van der Waals surface area contributed by atoms with Gasteiger partial charge in [-0.2, -0.15) is 0 Å². The summed E-state index contributed by atoms with van der Waals surface area (Å²) in [5.41, 5.74) is 0.345. The molecule has 0 bridgehead atoms. The van der Waals surface area contributed by atoms with E-state index in [2.05, 4.69) is 11.8 Å². The van der Waals surface area contributed by atoms with Crippen molar-refractivity contribution >= 4 is 11.6 Å². The minimum atomic E-state index is -0.376. The van der Waals surface area contributed by atoms with Crippen molar-refractivity contribution < 1.29 is 9.13 Å². The van der Waals surface area contributed by atoms with Gasteiger partial charge in [-0.3, -0.25) is 0 Å².